The summed E-state index contributed by atoms with van der Waals surface area (Å²) in [6, 6.07) is 7.56. The van der Waals surface area contributed by atoms with Crippen LogP contribution < -0.4 is 14.4 Å². The van der Waals surface area contributed by atoms with E-state index >= 15 is 0 Å². The van der Waals surface area contributed by atoms with Crippen molar-refractivity contribution < 1.29 is 26.7 Å². The zero-order valence-electron chi connectivity index (χ0n) is 20.2. The molecule has 3 aromatic rings. The van der Waals surface area contributed by atoms with Crippen LogP contribution in [0.3, 0.4) is 0 Å². The molecule has 3 heterocycles. The van der Waals surface area contributed by atoms with E-state index in [1.54, 1.807) is 26.1 Å². The van der Waals surface area contributed by atoms with Gasteiger partial charge in [-0.3, -0.25) is 4.79 Å². The average molecular weight is 522 g/mol. The van der Waals surface area contributed by atoms with Crippen molar-refractivity contribution in [1.82, 2.24) is 18.6 Å². The lowest BCUT2D eigenvalue weighted by Crippen LogP contribution is -2.43. The number of aromatic nitrogens is 2. The molecule has 0 saturated carbocycles. The molecule has 1 aliphatic rings. The molecule has 1 aromatic carbocycles. The number of benzene rings is 1. The summed E-state index contributed by atoms with van der Waals surface area (Å²) in [6.07, 6.45) is 4.57. The van der Waals surface area contributed by atoms with Crippen molar-refractivity contribution in [2.75, 3.05) is 37.8 Å². The molecule has 0 bridgehead atoms. The van der Waals surface area contributed by atoms with Gasteiger partial charge in [-0.25, -0.2) is 18.0 Å². The third kappa shape index (κ3) is 5.14. The number of nitrogens with one attached hydrogen (secondary N) is 1. The number of pyridine rings is 1. The van der Waals surface area contributed by atoms with Crippen molar-refractivity contribution in [2.45, 2.75) is 32.7 Å². The number of ether oxygens (including phenoxy) is 1. The van der Waals surface area contributed by atoms with Gasteiger partial charge < -0.3 is 9.64 Å². The number of alkyl halides is 1. The van der Waals surface area contributed by atoms with Gasteiger partial charge in [-0.05, 0) is 43.2 Å². The molecule has 0 spiro atoms. The van der Waals surface area contributed by atoms with Crippen LogP contribution in [0, 0.1) is 5.82 Å². The highest BCUT2D eigenvalue weighted by Crippen LogP contribution is 2.40. The van der Waals surface area contributed by atoms with E-state index in [4.69, 9.17) is 4.74 Å². The summed E-state index contributed by atoms with van der Waals surface area (Å²) in [6.45, 7) is 3.73. The second kappa shape index (κ2) is 10.8. The van der Waals surface area contributed by atoms with Gasteiger partial charge in [0.15, 0.2) is 0 Å². The third-order valence-electron chi connectivity index (χ3n) is 6.27. The zero-order valence-corrected chi connectivity index (χ0v) is 21.0. The third-order valence-corrected chi connectivity index (χ3v) is 7.91. The van der Waals surface area contributed by atoms with Gasteiger partial charge in [-0.2, -0.15) is 17.8 Å². The molecular weight excluding hydrogens is 492 g/mol. The summed E-state index contributed by atoms with van der Waals surface area (Å²) in [7, 11) is -3.99. The predicted octanol–water partition coefficient (Wildman–Crippen LogP) is 3.48. The summed E-state index contributed by atoms with van der Waals surface area (Å²) in [5, 5.41) is 4.18. The summed E-state index contributed by atoms with van der Waals surface area (Å²) in [5.41, 5.74) is 1.92. The van der Waals surface area contributed by atoms with Crippen LogP contribution in [0.25, 0.3) is 5.52 Å². The van der Waals surface area contributed by atoms with Gasteiger partial charge in [0.05, 0.1) is 23.3 Å². The Morgan fingerprint density at radius 2 is 2.03 bits per heavy atom. The minimum absolute atomic E-state index is 0.112. The summed E-state index contributed by atoms with van der Waals surface area (Å²) < 4.78 is 62.2. The molecular formula is C24H29F2N5O4S. The first-order chi connectivity index (χ1) is 17.3. The highest BCUT2D eigenvalue weighted by atomic mass is 32.2. The first kappa shape index (κ1) is 25.8. The molecule has 12 heteroatoms. The molecule has 4 rings (SSSR count). The lowest BCUT2D eigenvalue weighted by molar-refractivity contribution is 0.0980. The molecule has 1 unspecified atom stereocenters. The van der Waals surface area contributed by atoms with Crippen LogP contribution >= 0.6 is 0 Å². The Balaban J connectivity index is 1.66. The van der Waals surface area contributed by atoms with E-state index in [-0.39, 0.29) is 31.3 Å². The number of carbonyl (C=O) groups excluding carboxylic acids is 1. The Labute approximate surface area is 208 Å². The predicted molar refractivity (Wildman–Crippen MR) is 132 cm³/mol. The molecule has 194 valence electrons. The molecule has 2 aromatic heterocycles. The highest BCUT2D eigenvalue weighted by molar-refractivity contribution is 7.87. The second-order valence-corrected chi connectivity index (χ2v) is 10.0. The maximum absolute atomic E-state index is 14.1. The number of carbonyl (C=O) groups is 1. The quantitative estimate of drug-likeness (QED) is 0.439. The number of fused-ring (bicyclic) bond motifs is 1. The molecule has 1 atom stereocenters. The number of halogens is 2. The second-order valence-electron chi connectivity index (χ2n) is 8.36. The molecule has 0 aliphatic carbocycles. The van der Waals surface area contributed by atoms with Gasteiger partial charge in [-0.1, -0.05) is 13.8 Å². The number of rotatable bonds is 10. The summed E-state index contributed by atoms with van der Waals surface area (Å²) >= 11 is 0. The van der Waals surface area contributed by atoms with Crippen LogP contribution in [-0.2, 0) is 10.2 Å². The molecule has 1 saturated heterocycles. The van der Waals surface area contributed by atoms with Crippen LogP contribution in [0.5, 0.6) is 5.75 Å². The number of anilines is 1. The Bertz CT molecular complexity index is 1340. The van der Waals surface area contributed by atoms with Gasteiger partial charge in [0, 0.05) is 37.1 Å². The van der Waals surface area contributed by atoms with Gasteiger partial charge in [0.1, 0.15) is 24.8 Å². The van der Waals surface area contributed by atoms with Crippen molar-refractivity contribution in [1.29, 1.82) is 0 Å². The van der Waals surface area contributed by atoms with E-state index in [0.717, 1.165) is 22.8 Å². The lowest BCUT2D eigenvalue weighted by atomic mass is 10.0. The van der Waals surface area contributed by atoms with Crippen LogP contribution in [0.1, 0.15) is 48.7 Å². The molecule has 0 radical (unpaired) electrons. The van der Waals surface area contributed by atoms with Crippen LogP contribution in [0.15, 0.2) is 42.7 Å². The largest absolute Gasteiger partial charge is 0.490 e. The van der Waals surface area contributed by atoms with E-state index in [0.29, 0.717) is 23.4 Å². The normalized spacial score (nSPS) is 16.1. The standard InChI is InChI=1S/C24H29F2N5O4S/c1-3-29(4-2)36(33,34)28-24(32)20-16-27-31-12-9-18(15-22(20)31)30-11-5-6-21(30)19-14-17(26)7-8-23(19)35-13-10-25/h7-9,12,14-16,21H,3-6,10-11,13H2,1-2H3,(H,28,32). The van der Waals surface area contributed by atoms with Crippen molar-refractivity contribution in [3.63, 3.8) is 0 Å². The Hall–Kier alpha value is -3.25. The van der Waals surface area contributed by atoms with E-state index in [1.807, 2.05) is 6.07 Å². The monoisotopic (exact) mass is 521 g/mol. The smallest absolute Gasteiger partial charge is 0.304 e. The zero-order chi connectivity index (χ0) is 25.9. The molecule has 1 fully saturated rings. The number of hydrogen-bond donors (Lipinski definition) is 1. The average Bonchev–Trinajstić information content (AvgIpc) is 3.50. The fourth-order valence-corrected chi connectivity index (χ4v) is 5.74. The first-order valence-electron chi connectivity index (χ1n) is 11.8. The van der Waals surface area contributed by atoms with Crippen LogP contribution in [-0.4, -0.2) is 61.2 Å². The van der Waals surface area contributed by atoms with Crippen molar-refractivity contribution in [3.05, 3.63) is 59.7 Å². The maximum Gasteiger partial charge on any atom is 0.304 e. The topological polar surface area (TPSA) is 96.2 Å². The minimum Gasteiger partial charge on any atom is -0.490 e. The van der Waals surface area contributed by atoms with E-state index < -0.39 is 28.6 Å². The first-order valence-corrected chi connectivity index (χ1v) is 13.3. The number of nitrogens with zero attached hydrogens (tertiary/aromatic N) is 4. The summed E-state index contributed by atoms with van der Waals surface area (Å²) in [5.74, 6) is -0.763. The summed E-state index contributed by atoms with van der Waals surface area (Å²) in [4.78, 5) is 15.0. The van der Waals surface area contributed by atoms with E-state index in [2.05, 4.69) is 14.7 Å². The number of hydrogen-bond acceptors (Lipinski definition) is 6. The SMILES string of the molecule is CCN(CC)S(=O)(=O)NC(=O)c1cnn2ccc(N3CCCC3c3cc(F)ccc3OCCF)cc12. The van der Waals surface area contributed by atoms with Crippen LogP contribution in [0.2, 0.25) is 0 Å². The van der Waals surface area contributed by atoms with Crippen LogP contribution in [0.4, 0.5) is 14.5 Å². The Kier molecular flexibility index (Phi) is 7.74. The molecule has 36 heavy (non-hydrogen) atoms. The van der Waals surface area contributed by atoms with Gasteiger partial charge in [0.2, 0.25) is 0 Å². The molecule has 9 nitrogen and oxygen atoms in total. The molecule has 1 amide bonds. The van der Waals surface area contributed by atoms with E-state index in [1.165, 1.54) is 28.9 Å². The fraction of sp³-hybridized carbons (Fsp3) is 0.417. The highest BCUT2D eigenvalue weighted by Gasteiger charge is 2.30. The maximum atomic E-state index is 14.1. The van der Waals surface area contributed by atoms with Gasteiger partial charge in [0.25, 0.3) is 5.91 Å². The molecule has 1 N–H and O–H groups in total. The van der Waals surface area contributed by atoms with Crippen molar-refractivity contribution in [3.8, 4) is 5.75 Å². The number of amides is 1. The van der Waals surface area contributed by atoms with Crippen molar-refractivity contribution in [2.24, 2.45) is 0 Å². The molecule has 1 aliphatic heterocycles. The van der Waals surface area contributed by atoms with Gasteiger partial charge >= 0.3 is 10.2 Å². The van der Waals surface area contributed by atoms with E-state index in [9.17, 15) is 22.0 Å². The Morgan fingerprint density at radius 1 is 1.25 bits per heavy atom. The van der Waals surface area contributed by atoms with Crippen molar-refractivity contribution >= 4 is 27.3 Å². The Morgan fingerprint density at radius 3 is 2.75 bits per heavy atom. The van der Waals surface area contributed by atoms with Gasteiger partial charge in [-0.15, -0.1) is 0 Å². The lowest BCUT2D eigenvalue weighted by Gasteiger charge is -2.28. The fourth-order valence-electron chi connectivity index (χ4n) is 4.58. The minimum atomic E-state index is -3.99.